The predicted molar refractivity (Wildman–Crippen MR) is 51.3 cm³/mol. The van der Waals surface area contributed by atoms with Gasteiger partial charge in [0.05, 0.1) is 0 Å². The third kappa shape index (κ3) is 0.783. The van der Waals surface area contributed by atoms with Crippen LogP contribution >= 0.6 is 0 Å². The van der Waals surface area contributed by atoms with Crippen molar-refractivity contribution in [2.24, 2.45) is 0 Å². The highest BCUT2D eigenvalue weighted by atomic mass is 16.5. The molecular formula is C6H3N9O3. The van der Waals surface area contributed by atoms with Crippen molar-refractivity contribution in [3.05, 3.63) is 0 Å². The lowest BCUT2D eigenvalue weighted by molar-refractivity contribution is 0.155. The van der Waals surface area contributed by atoms with Crippen LogP contribution in [0.5, 0.6) is 0 Å². The average molecular weight is 249 g/mol. The van der Waals surface area contributed by atoms with E-state index in [1.165, 1.54) is 0 Å². The Bertz CT molecular complexity index is 766. The molecule has 90 valence electrons. The molecular weight excluding hydrogens is 246 g/mol. The quantitative estimate of drug-likeness (QED) is 0.320. The van der Waals surface area contributed by atoms with Gasteiger partial charge in [0, 0.05) is 0 Å². The molecule has 0 aliphatic rings. The van der Waals surface area contributed by atoms with E-state index in [0.29, 0.717) is 14.5 Å². The normalized spacial score (nSPS) is 12.0. The zero-order chi connectivity index (χ0) is 12.4. The fourth-order valence-electron chi connectivity index (χ4n) is 1.92. The van der Waals surface area contributed by atoms with Crippen LogP contribution in [-0.2, 0) is 0 Å². The molecule has 12 heteroatoms. The third-order valence-electron chi connectivity index (χ3n) is 2.63. The van der Waals surface area contributed by atoms with E-state index in [1.54, 1.807) is 0 Å². The van der Waals surface area contributed by atoms with E-state index in [4.69, 9.17) is 0 Å². The summed E-state index contributed by atoms with van der Waals surface area (Å²) in [4.78, 5) is 1.41. The molecule has 18 heavy (non-hydrogen) atoms. The zero-order valence-corrected chi connectivity index (χ0v) is 8.37. The van der Waals surface area contributed by atoms with Crippen LogP contribution in [0.15, 0.2) is 0 Å². The van der Waals surface area contributed by atoms with Crippen LogP contribution in [-0.4, -0.2) is 61.1 Å². The van der Waals surface area contributed by atoms with E-state index in [0.717, 1.165) is 0 Å². The second-order valence-electron chi connectivity index (χ2n) is 3.53. The first-order valence-corrected chi connectivity index (χ1v) is 4.64. The molecule has 0 atom stereocenters. The van der Waals surface area contributed by atoms with Gasteiger partial charge in [-0.2, -0.15) is 0 Å². The van der Waals surface area contributed by atoms with E-state index in [-0.39, 0.29) is 33.1 Å². The summed E-state index contributed by atoms with van der Waals surface area (Å²) < 4.78 is 0. The number of nitrogens with zero attached hydrogens (tertiary/aromatic N) is 9. The second kappa shape index (κ2) is 2.55. The molecule has 3 N–H and O–H groups in total. The molecule has 0 saturated carbocycles. The Morgan fingerprint density at radius 1 is 0.556 bits per heavy atom. The first-order valence-electron chi connectivity index (χ1n) is 4.64. The fraction of sp³-hybridized carbons (Fsp3) is 0. The SMILES string of the molecule is On1nnc2c1c1nnn(O)c1c1nnn(O)c21. The van der Waals surface area contributed by atoms with Crippen molar-refractivity contribution in [2.75, 3.05) is 0 Å². The van der Waals surface area contributed by atoms with Gasteiger partial charge in [-0.1, -0.05) is 14.5 Å². The Hall–Kier alpha value is -3.18. The summed E-state index contributed by atoms with van der Waals surface area (Å²) in [5.41, 5.74) is 0.634. The molecule has 0 radical (unpaired) electrons. The maximum absolute atomic E-state index is 9.56. The topological polar surface area (TPSA) is 153 Å². The summed E-state index contributed by atoms with van der Waals surface area (Å²) in [5, 5.41) is 50.0. The van der Waals surface area contributed by atoms with Crippen molar-refractivity contribution in [3.8, 4) is 0 Å². The van der Waals surface area contributed by atoms with Crippen molar-refractivity contribution in [1.82, 2.24) is 45.5 Å². The number of aromatic nitrogens is 9. The summed E-state index contributed by atoms with van der Waals surface area (Å²) in [6, 6.07) is 0. The first kappa shape index (κ1) is 8.91. The molecule has 3 aromatic heterocycles. The molecule has 4 aromatic rings. The van der Waals surface area contributed by atoms with Crippen molar-refractivity contribution < 1.29 is 15.6 Å². The zero-order valence-electron chi connectivity index (χ0n) is 8.37. The lowest BCUT2D eigenvalue weighted by atomic mass is 10.2. The number of hydrogen-bond acceptors (Lipinski definition) is 9. The Morgan fingerprint density at radius 2 is 0.833 bits per heavy atom. The molecule has 0 spiro atoms. The minimum absolute atomic E-state index is 0.0791. The number of hydrogen-bond donors (Lipinski definition) is 3. The van der Waals surface area contributed by atoms with Crippen LogP contribution in [0.1, 0.15) is 0 Å². The predicted octanol–water partition coefficient (Wildman–Crippen LogP) is -1.37. The van der Waals surface area contributed by atoms with Crippen LogP contribution in [0.2, 0.25) is 0 Å². The summed E-state index contributed by atoms with van der Waals surface area (Å²) >= 11 is 0. The van der Waals surface area contributed by atoms with Gasteiger partial charge in [0.2, 0.25) is 0 Å². The maximum atomic E-state index is 9.56. The third-order valence-corrected chi connectivity index (χ3v) is 2.63. The van der Waals surface area contributed by atoms with Crippen molar-refractivity contribution in [1.29, 1.82) is 0 Å². The van der Waals surface area contributed by atoms with E-state index in [2.05, 4.69) is 30.9 Å². The van der Waals surface area contributed by atoms with Gasteiger partial charge in [0.25, 0.3) is 0 Å². The van der Waals surface area contributed by atoms with Crippen molar-refractivity contribution >= 4 is 33.1 Å². The number of benzene rings is 1. The Morgan fingerprint density at radius 3 is 1.11 bits per heavy atom. The Kier molecular flexibility index (Phi) is 1.26. The number of fused-ring (bicyclic) bond motifs is 6. The maximum Gasteiger partial charge on any atom is 0.163 e. The van der Waals surface area contributed by atoms with Gasteiger partial charge in [-0.25, -0.2) is 0 Å². The largest absolute Gasteiger partial charge is 0.410 e. The standard InChI is InChI=1S/C6H3N9O3/c16-13-4-1(7-10-13)5-3(8-11-14(5)17)6-2(4)9-12-15(6)18/h16-18H. The lowest BCUT2D eigenvalue weighted by Crippen LogP contribution is -1.96. The number of rotatable bonds is 0. The first-order chi connectivity index (χ1) is 8.68. The molecule has 0 bridgehead atoms. The van der Waals surface area contributed by atoms with Crippen LogP contribution < -0.4 is 0 Å². The smallest absolute Gasteiger partial charge is 0.163 e. The highest BCUT2D eigenvalue weighted by Crippen LogP contribution is 2.29. The average Bonchev–Trinajstić information content (AvgIpc) is 2.99. The molecule has 1 aromatic carbocycles. The molecule has 0 fully saturated rings. The summed E-state index contributed by atoms with van der Waals surface area (Å²) in [5.74, 6) is 0. The van der Waals surface area contributed by atoms with Gasteiger partial charge < -0.3 is 15.6 Å². The van der Waals surface area contributed by atoms with Crippen molar-refractivity contribution in [2.45, 2.75) is 0 Å². The van der Waals surface area contributed by atoms with Crippen molar-refractivity contribution in [3.63, 3.8) is 0 Å². The minimum atomic E-state index is 0.0791. The van der Waals surface area contributed by atoms with E-state index in [9.17, 15) is 15.6 Å². The van der Waals surface area contributed by atoms with Gasteiger partial charge >= 0.3 is 0 Å². The second-order valence-corrected chi connectivity index (χ2v) is 3.53. The molecule has 3 heterocycles. The molecule has 12 nitrogen and oxygen atoms in total. The molecule has 0 saturated heterocycles. The Balaban J connectivity index is 2.51. The van der Waals surface area contributed by atoms with Gasteiger partial charge in [-0.05, 0) is 15.6 Å². The van der Waals surface area contributed by atoms with E-state index >= 15 is 0 Å². The molecule has 0 unspecified atom stereocenters. The van der Waals surface area contributed by atoms with E-state index < -0.39 is 0 Å². The van der Waals surface area contributed by atoms with Gasteiger partial charge in [-0.3, -0.25) is 0 Å². The van der Waals surface area contributed by atoms with Gasteiger partial charge in [0.15, 0.2) is 33.1 Å². The van der Waals surface area contributed by atoms with Gasteiger partial charge in [0.1, 0.15) is 0 Å². The summed E-state index contributed by atoms with van der Waals surface area (Å²) in [6.07, 6.45) is 0. The van der Waals surface area contributed by atoms with Gasteiger partial charge in [-0.15, -0.1) is 15.3 Å². The highest BCUT2D eigenvalue weighted by Gasteiger charge is 2.24. The van der Waals surface area contributed by atoms with E-state index in [1.807, 2.05) is 0 Å². The fourth-order valence-corrected chi connectivity index (χ4v) is 1.92. The molecule has 0 amide bonds. The monoisotopic (exact) mass is 249 g/mol. The van der Waals surface area contributed by atoms with Crippen LogP contribution in [0.25, 0.3) is 33.1 Å². The minimum Gasteiger partial charge on any atom is -0.410 e. The summed E-state index contributed by atoms with van der Waals surface area (Å²) in [6.45, 7) is 0. The van der Waals surface area contributed by atoms with Crippen LogP contribution in [0.3, 0.4) is 0 Å². The molecule has 0 aliphatic heterocycles. The highest BCUT2D eigenvalue weighted by molar-refractivity contribution is 6.17. The molecule has 4 rings (SSSR count). The summed E-state index contributed by atoms with van der Waals surface area (Å²) in [7, 11) is 0. The lowest BCUT2D eigenvalue weighted by Gasteiger charge is -1.95. The van der Waals surface area contributed by atoms with Crippen LogP contribution in [0, 0.1) is 0 Å². The Labute approximate surface area is 95.1 Å². The molecule has 0 aliphatic carbocycles. The van der Waals surface area contributed by atoms with Crippen LogP contribution in [0.4, 0.5) is 0 Å².